The summed E-state index contributed by atoms with van der Waals surface area (Å²) in [5.74, 6) is 0.00799. The number of nitrogens with one attached hydrogen (secondary N) is 1. The Morgan fingerprint density at radius 2 is 2.04 bits per heavy atom. The lowest BCUT2D eigenvalue weighted by molar-refractivity contribution is -0.138. The third kappa shape index (κ3) is 1.94. The maximum atomic E-state index is 12.8. The second-order valence-electron chi connectivity index (χ2n) is 6.90. The molecule has 3 atom stereocenters. The summed E-state index contributed by atoms with van der Waals surface area (Å²) >= 11 is 0. The average molecular weight is 337 g/mol. The Kier molecular flexibility index (Phi) is 3.06. The van der Waals surface area contributed by atoms with Crippen LogP contribution in [0.4, 0.5) is 0 Å². The SMILES string of the molecule is O=C(c1ccc[nH]1)N1CC[C@@]23OC[C@@H](c4ccccc4)N2C(=O)C[C@@H]13. The van der Waals surface area contributed by atoms with Gasteiger partial charge in [0, 0.05) is 19.2 Å². The summed E-state index contributed by atoms with van der Waals surface area (Å²) in [6.45, 7) is 1.09. The van der Waals surface area contributed by atoms with Crippen LogP contribution in [0, 0.1) is 0 Å². The van der Waals surface area contributed by atoms with Gasteiger partial charge in [-0.15, -0.1) is 0 Å². The number of carbonyl (C=O) groups excluding carboxylic acids is 2. The van der Waals surface area contributed by atoms with Crippen LogP contribution >= 0.6 is 0 Å². The molecule has 3 aliphatic rings. The van der Waals surface area contributed by atoms with Crippen LogP contribution in [0.1, 0.15) is 34.9 Å². The zero-order chi connectivity index (χ0) is 17.0. The number of carbonyl (C=O) groups is 2. The molecule has 25 heavy (non-hydrogen) atoms. The van der Waals surface area contributed by atoms with Crippen molar-refractivity contribution in [3.63, 3.8) is 0 Å². The first-order valence-electron chi connectivity index (χ1n) is 8.66. The zero-order valence-electron chi connectivity index (χ0n) is 13.7. The summed E-state index contributed by atoms with van der Waals surface area (Å²) in [6.07, 6.45) is 2.73. The first-order chi connectivity index (χ1) is 12.2. The Morgan fingerprint density at radius 1 is 1.20 bits per heavy atom. The number of nitrogens with zero attached hydrogens (tertiary/aromatic N) is 2. The predicted octanol–water partition coefficient (Wildman–Crippen LogP) is 1.93. The monoisotopic (exact) mass is 337 g/mol. The molecule has 6 nitrogen and oxygen atoms in total. The normalized spacial score (nSPS) is 30.6. The summed E-state index contributed by atoms with van der Waals surface area (Å²) < 4.78 is 6.22. The standard InChI is InChI=1S/C19H19N3O3/c23-17-11-16-19(8-10-21(16)18(24)14-7-4-9-20-14)22(17)15(12-25-19)13-5-2-1-3-6-13/h1-7,9,15-16,20H,8,10-12H2/t15-,16+,19-/m0/s1. The fraction of sp³-hybridized carbons (Fsp3) is 0.368. The molecular formula is C19H19N3O3. The van der Waals surface area contributed by atoms with E-state index in [-0.39, 0.29) is 23.9 Å². The van der Waals surface area contributed by atoms with Gasteiger partial charge in [-0.3, -0.25) is 9.59 Å². The lowest BCUT2D eigenvalue weighted by Crippen LogP contribution is -2.49. The van der Waals surface area contributed by atoms with E-state index in [1.165, 1.54) is 0 Å². The van der Waals surface area contributed by atoms with Crippen LogP contribution in [0.3, 0.4) is 0 Å². The first kappa shape index (κ1) is 14.7. The number of likely N-dealkylation sites (tertiary alicyclic amines) is 1. The Bertz CT molecular complexity index is 820. The van der Waals surface area contributed by atoms with Crippen molar-refractivity contribution in [1.29, 1.82) is 0 Å². The summed E-state index contributed by atoms with van der Waals surface area (Å²) in [7, 11) is 0. The molecule has 1 aromatic carbocycles. The number of hydrogen-bond donors (Lipinski definition) is 1. The minimum Gasteiger partial charge on any atom is -0.357 e. The predicted molar refractivity (Wildman–Crippen MR) is 89.6 cm³/mol. The molecule has 0 unspecified atom stereocenters. The Labute approximate surface area is 145 Å². The number of amides is 2. The number of aromatic nitrogens is 1. The van der Waals surface area contributed by atoms with Gasteiger partial charge in [-0.2, -0.15) is 0 Å². The maximum absolute atomic E-state index is 12.8. The smallest absolute Gasteiger partial charge is 0.270 e. The van der Waals surface area contributed by atoms with Crippen molar-refractivity contribution >= 4 is 11.8 Å². The van der Waals surface area contributed by atoms with Crippen LogP contribution in [0.25, 0.3) is 0 Å². The van der Waals surface area contributed by atoms with Crippen LogP contribution in [0.2, 0.25) is 0 Å². The van der Waals surface area contributed by atoms with Gasteiger partial charge in [-0.1, -0.05) is 30.3 Å². The van der Waals surface area contributed by atoms with Gasteiger partial charge < -0.3 is 19.5 Å². The number of ether oxygens (including phenoxy) is 1. The van der Waals surface area contributed by atoms with E-state index in [1.54, 1.807) is 17.2 Å². The quantitative estimate of drug-likeness (QED) is 0.911. The van der Waals surface area contributed by atoms with Gasteiger partial charge in [0.2, 0.25) is 5.91 Å². The van der Waals surface area contributed by atoms with Crippen LogP contribution in [-0.2, 0) is 9.53 Å². The van der Waals surface area contributed by atoms with E-state index in [1.807, 2.05) is 41.3 Å². The molecule has 1 aromatic heterocycles. The minimum atomic E-state index is -0.667. The third-order valence-electron chi connectivity index (χ3n) is 5.73. The van der Waals surface area contributed by atoms with Crippen LogP contribution < -0.4 is 0 Å². The van der Waals surface area contributed by atoms with Crippen LogP contribution in [0.15, 0.2) is 48.7 Å². The molecule has 0 radical (unpaired) electrons. The lowest BCUT2D eigenvalue weighted by Gasteiger charge is -2.33. The first-order valence-corrected chi connectivity index (χ1v) is 8.66. The van der Waals surface area contributed by atoms with E-state index in [0.717, 1.165) is 5.56 Å². The molecule has 4 heterocycles. The lowest BCUT2D eigenvalue weighted by atomic mass is 10.0. The molecule has 128 valence electrons. The van der Waals surface area contributed by atoms with Gasteiger partial charge in [0.05, 0.1) is 25.1 Å². The topological polar surface area (TPSA) is 65.6 Å². The van der Waals surface area contributed by atoms with Crippen molar-refractivity contribution in [3.05, 3.63) is 59.9 Å². The van der Waals surface area contributed by atoms with Crippen LogP contribution in [-0.4, -0.2) is 51.5 Å². The van der Waals surface area contributed by atoms with E-state index in [0.29, 0.717) is 31.7 Å². The molecule has 1 spiro atoms. The second kappa shape index (κ2) is 5.20. The zero-order valence-corrected chi connectivity index (χ0v) is 13.7. The third-order valence-corrected chi connectivity index (χ3v) is 5.73. The highest BCUT2D eigenvalue weighted by atomic mass is 16.5. The summed E-state index contributed by atoms with van der Waals surface area (Å²) in [6, 6.07) is 13.3. The van der Waals surface area contributed by atoms with Gasteiger partial charge in [0.1, 0.15) is 5.69 Å². The molecule has 3 fully saturated rings. The highest BCUT2D eigenvalue weighted by Gasteiger charge is 2.65. The van der Waals surface area contributed by atoms with Gasteiger partial charge in [0.15, 0.2) is 5.72 Å². The van der Waals surface area contributed by atoms with E-state index < -0.39 is 5.72 Å². The average Bonchev–Trinajstić information content (AvgIpc) is 3.38. The molecule has 0 saturated carbocycles. The number of rotatable bonds is 2. The van der Waals surface area contributed by atoms with Crippen molar-refractivity contribution in [2.45, 2.75) is 30.7 Å². The second-order valence-corrected chi connectivity index (χ2v) is 6.90. The van der Waals surface area contributed by atoms with E-state index in [2.05, 4.69) is 4.98 Å². The Morgan fingerprint density at radius 3 is 2.80 bits per heavy atom. The van der Waals surface area contributed by atoms with Crippen molar-refractivity contribution in [2.75, 3.05) is 13.2 Å². The number of hydrogen-bond acceptors (Lipinski definition) is 3. The van der Waals surface area contributed by atoms with Crippen molar-refractivity contribution in [3.8, 4) is 0 Å². The number of benzene rings is 1. The molecule has 1 N–H and O–H groups in total. The summed E-state index contributed by atoms with van der Waals surface area (Å²) in [4.78, 5) is 32.3. The van der Waals surface area contributed by atoms with E-state index >= 15 is 0 Å². The van der Waals surface area contributed by atoms with Gasteiger partial charge in [-0.25, -0.2) is 0 Å². The molecule has 3 aliphatic heterocycles. The molecular weight excluding hydrogens is 318 g/mol. The number of aromatic amines is 1. The highest BCUT2D eigenvalue weighted by Crippen LogP contribution is 2.51. The molecule has 2 aromatic rings. The Hall–Kier alpha value is -2.60. The van der Waals surface area contributed by atoms with Gasteiger partial charge >= 0.3 is 0 Å². The van der Waals surface area contributed by atoms with E-state index in [4.69, 9.17) is 4.74 Å². The maximum Gasteiger partial charge on any atom is 0.270 e. The molecule has 2 amide bonds. The largest absolute Gasteiger partial charge is 0.357 e. The van der Waals surface area contributed by atoms with Crippen molar-refractivity contribution in [2.24, 2.45) is 0 Å². The molecule has 0 aliphatic carbocycles. The molecule has 6 heteroatoms. The van der Waals surface area contributed by atoms with Crippen molar-refractivity contribution in [1.82, 2.24) is 14.8 Å². The fourth-order valence-corrected chi connectivity index (χ4v) is 4.63. The van der Waals surface area contributed by atoms with E-state index in [9.17, 15) is 9.59 Å². The highest BCUT2D eigenvalue weighted by molar-refractivity contribution is 5.94. The molecule has 0 bridgehead atoms. The number of H-pyrrole nitrogens is 1. The van der Waals surface area contributed by atoms with Gasteiger partial charge in [0.25, 0.3) is 5.91 Å². The van der Waals surface area contributed by atoms with Gasteiger partial charge in [-0.05, 0) is 17.7 Å². The molecule has 3 saturated heterocycles. The van der Waals surface area contributed by atoms with Crippen molar-refractivity contribution < 1.29 is 14.3 Å². The minimum absolute atomic E-state index is 0.0618. The van der Waals surface area contributed by atoms with Crippen LogP contribution in [0.5, 0.6) is 0 Å². The summed E-state index contributed by atoms with van der Waals surface area (Å²) in [5.41, 5.74) is 0.975. The summed E-state index contributed by atoms with van der Waals surface area (Å²) in [5, 5.41) is 0. The fourth-order valence-electron chi connectivity index (χ4n) is 4.63. The molecule has 5 rings (SSSR count). The Balaban J connectivity index is 1.48.